The molecule has 2 heterocycles. The van der Waals surface area contributed by atoms with E-state index in [0.29, 0.717) is 45.7 Å². The molecule has 2 amide bonds. The lowest BCUT2D eigenvalue weighted by Gasteiger charge is -2.28. The van der Waals surface area contributed by atoms with Crippen LogP contribution in [0.1, 0.15) is 33.5 Å². The van der Waals surface area contributed by atoms with Crippen LogP contribution < -0.4 is 0 Å². The molecule has 1 aromatic carbocycles. The van der Waals surface area contributed by atoms with Crippen molar-refractivity contribution >= 4 is 34.5 Å². The van der Waals surface area contributed by atoms with Crippen LogP contribution >= 0.6 is 22.7 Å². The molecule has 3 aromatic rings. The molecule has 0 saturated heterocycles. The van der Waals surface area contributed by atoms with Crippen LogP contribution in [0, 0.1) is 6.92 Å². The van der Waals surface area contributed by atoms with Gasteiger partial charge in [-0.1, -0.05) is 36.4 Å². The molecule has 0 aliphatic rings. The first-order valence-electron chi connectivity index (χ1n) is 11.3. The van der Waals surface area contributed by atoms with Crippen molar-refractivity contribution in [2.45, 2.75) is 39.8 Å². The maximum absolute atomic E-state index is 13.5. The molecule has 0 unspecified atom stereocenters. The standard InChI is InChI=1S/C26H32N2O3S2/c1-3-31-15-8-14-27(25(29)17-23-11-7-16-32-23)20-26(30)28(18-22-9-5-4-6-10-22)19-24-13-12-21(2)33-24/h4-7,9-13,16H,3,8,14-15,17-20H2,1-2H3. The second kappa shape index (κ2) is 13.3. The maximum Gasteiger partial charge on any atom is 0.242 e. The zero-order valence-corrected chi connectivity index (χ0v) is 21.0. The van der Waals surface area contributed by atoms with Crippen molar-refractivity contribution in [3.05, 3.63) is 80.2 Å². The number of carbonyl (C=O) groups excluding carboxylic acids is 2. The lowest BCUT2D eigenvalue weighted by atomic mass is 10.2. The minimum Gasteiger partial charge on any atom is -0.382 e. The van der Waals surface area contributed by atoms with Crippen LogP contribution in [0.3, 0.4) is 0 Å². The van der Waals surface area contributed by atoms with Crippen LogP contribution in [-0.4, -0.2) is 47.9 Å². The molecule has 33 heavy (non-hydrogen) atoms. The van der Waals surface area contributed by atoms with Gasteiger partial charge in [0, 0.05) is 40.9 Å². The van der Waals surface area contributed by atoms with Crippen LogP contribution in [0.25, 0.3) is 0 Å². The van der Waals surface area contributed by atoms with Crippen LogP contribution in [0.4, 0.5) is 0 Å². The molecule has 0 bridgehead atoms. The van der Waals surface area contributed by atoms with Gasteiger partial charge in [-0.05, 0) is 49.4 Å². The van der Waals surface area contributed by atoms with Gasteiger partial charge in [0.25, 0.3) is 0 Å². The summed E-state index contributed by atoms with van der Waals surface area (Å²) >= 11 is 3.27. The van der Waals surface area contributed by atoms with Crippen molar-refractivity contribution in [1.82, 2.24) is 9.80 Å². The molecule has 176 valence electrons. The number of thiophene rings is 2. The van der Waals surface area contributed by atoms with E-state index in [1.807, 2.05) is 59.7 Å². The van der Waals surface area contributed by atoms with Crippen molar-refractivity contribution in [2.75, 3.05) is 26.3 Å². The first kappa shape index (κ1) is 25.1. The molecule has 0 aliphatic carbocycles. The fraction of sp³-hybridized carbons (Fsp3) is 0.385. The second-order valence-electron chi connectivity index (χ2n) is 7.87. The lowest BCUT2D eigenvalue weighted by molar-refractivity contribution is -0.141. The summed E-state index contributed by atoms with van der Waals surface area (Å²) in [6.45, 7) is 6.89. The number of nitrogens with zero attached hydrogens (tertiary/aromatic N) is 2. The summed E-state index contributed by atoms with van der Waals surface area (Å²) in [4.78, 5) is 33.5. The van der Waals surface area contributed by atoms with Gasteiger partial charge in [0.05, 0.1) is 19.5 Å². The molecule has 0 fully saturated rings. The minimum atomic E-state index is -0.0409. The monoisotopic (exact) mass is 484 g/mol. The van der Waals surface area contributed by atoms with Gasteiger partial charge in [0.1, 0.15) is 0 Å². The van der Waals surface area contributed by atoms with Crippen molar-refractivity contribution in [1.29, 1.82) is 0 Å². The molecule has 5 nitrogen and oxygen atoms in total. The Labute approximate surface area is 204 Å². The van der Waals surface area contributed by atoms with E-state index in [1.54, 1.807) is 27.6 Å². The highest BCUT2D eigenvalue weighted by atomic mass is 32.1. The summed E-state index contributed by atoms with van der Waals surface area (Å²) in [6.07, 6.45) is 1.03. The Morgan fingerprint density at radius 1 is 0.909 bits per heavy atom. The van der Waals surface area contributed by atoms with Gasteiger partial charge >= 0.3 is 0 Å². The number of carbonyl (C=O) groups is 2. The first-order valence-corrected chi connectivity index (χ1v) is 13.0. The zero-order valence-electron chi connectivity index (χ0n) is 19.4. The normalized spacial score (nSPS) is 10.8. The van der Waals surface area contributed by atoms with Crippen molar-refractivity contribution in [2.24, 2.45) is 0 Å². The molecule has 7 heteroatoms. The van der Waals surface area contributed by atoms with Gasteiger partial charge < -0.3 is 14.5 Å². The van der Waals surface area contributed by atoms with E-state index < -0.39 is 0 Å². The number of benzene rings is 1. The largest absolute Gasteiger partial charge is 0.382 e. The summed E-state index contributed by atoms with van der Waals surface area (Å²) in [5.74, 6) is -0.0604. The maximum atomic E-state index is 13.5. The van der Waals surface area contributed by atoms with Gasteiger partial charge in [-0.3, -0.25) is 9.59 Å². The van der Waals surface area contributed by atoms with Gasteiger partial charge in [0.2, 0.25) is 11.8 Å². The molecule has 3 rings (SSSR count). The predicted octanol–water partition coefficient (Wildman–Crippen LogP) is 5.14. The molecule has 0 aliphatic heterocycles. The Morgan fingerprint density at radius 2 is 1.73 bits per heavy atom. The number of hydrogen-bond donors (Lipinski definition) is 0. The highest BCUT2D eigenvalue weighted by molar-refractivity contribution is 7.11. The van der Waals surface area contributed by atoms with E-state index in [2.05, 4.69) is 19.1 Å². The topological polar surface area (TPSA) is 49.9 Å². The number of hydrogen-bond acceptors (Lipinski definition) is 5. The van der Waals surface area contributed by atoms with Crippen LogP contribution in [-0.2, 0) is 33.8 Å². The van der Waals surface area contributed by atoms with Crippen LogP contribution in [0.15, 0.2) is 60.0 Å². The molecular weight excluding hydrogens is 452 g/mol. The van der Waals surface area contributed by atoms with Crippen molar-refractivity contribution in [3.8, 4) is 0 Å². The van der Waals surface area contributed by atoms with E-state index in [-0.39, 0.29) is 18.4 Å². The summed E-state index contributed by atoms with van der Waals surface area (Å²) < 4.78 is 5.45. The third-order valence-electron chi connectivity index (χ3n) is 5.22. The van der Waals surface area contributed by atoms with Gasteiger partial charge in [0.15, 0.2) is 0 Å². The van der Waals surface area contributed by atoms with Crippen molar-refractivity contribution < 1.29 is 14.3 Å². The smallest absolute Gasteiger partial charge is 0.242 e. The van der Waals surface area contributed by atoms with Crippen LogP contribution in [0.5, 0.6) is 0 Å². The number of rotatable bonds is 13. The highest BCUT2D eigenvalue weighted by Crippen LogP contribution is 2.19. The number of ether oxygens (including phenoxy) is 1. The molecular formula is C26H32N2O3S2. The third kappa shape index (κ3) is 8.42. The molecule has 0 N–H and O–H groups in total. The van der Waals surface area contributed by atoms with E-state index >= 15 is 0 Å². The Morgan fingerprint density at radius 3 is 2.39 bits per heavy atom. The van der Waals surface area contributed by atoms with Crippen molar-refractivity contribution in [3.63, 3.8) is 0 Å². The highest BCUT2D eigenvalue weighted by Gasteiger charge is 2.22. The Bertz CT molecular complexity index is 986. The average molecular weight is 485 g/mol. The average Bonchev–Trinajstić information content (AvgIpc) is 3.47. The Hall–Kier alpha value is -2.48. The van der Waals surface area contributed by atoms with Gasteiger partial charge in [-0.2, -0.15) is 0 Å². The Balaban J connectivity index is 1.72. The van der Waals surface area contributed by atoms with E-state index in [4.69, 9.17) is 4.74 Å². The minimum absolute atomic E-state index is 0.0195. The quantitative estimate of drug-likeness (QED) is 0.316. The third-order valence-corrected chi connectivity index (χ3v) is 7.08. The molecule has 0 radical (unpaired) electrons. The summed E-state index contributed by atoms with van der Waals surface area (Å²) in [5.41, 5.74) is 1.08. The van der Waals surface area contributed by atoms with E-state index in [1.165, 1.54) is 4.88 Å². The summed E-state index contributed by atoms with van der Waals surface area (Å²) in [7, 11) is 0. The molecule has 2 aromatic heterocycles. The number of amides is 2. The fourth-order valence-electron chi connectivity index (χ4n) is 3.53. The van der Waals surface area contributed by atoms with E-state index in [9.17, 15) is 9.59 Å². The molecule has 0 saturated carbocycles. The van der Waals surface area contributed by atoms with E-state index in [0.717, 1.165) is 15.3 Å². The summed E-state index contributed by atoms with van der Waals surface area (Å²) in [5, 5.41) is 1.97. The van der Waals surface area contributed by atoms with Crippen LogP contribution in [0.2, 0.25) is 0 Å². The fourth-order valence-corrected chi connectivity index (χ4v) is 5.13. The first-order chi connectivity index (χ1) is 16.0. The van der Waals surface area contributed by atoms with Gasteiger partial charge in [-0.15, -0.1) is 22.7 Å². The zero-order chi connectivity index (χ0) is 23.5. The lowest BCUT2D eigenvalue weighted by Crippen LogP contribution is -2.43. The Kier molecular flexibility index (Phi) is 10.1. The summed E-state index contributed by atoms with van der Waals surface area (Å²) in [6, 6.07) is 18.1. The molecule has 0 spiro atoms. The predicted molar refractivity (Wildman–Crippen MR) is 135 cm³/mol. The second-order valence-corrected chi connectivity index (χ2v) is 10.3. The molecule has 0 atom stereocenters. The SMILES string of the molecule is CCOCCCN(CC(=O)N(Cc1ccccc1)Cc1ccc(C)s1)C(=O)Cc1cccs1. The van der Waals surface area contributed by atoms with Gasteiger partial charge in [-0.25, -0.2) is 0 Å². The number of aryl methyl sites for hydroxylation is 1.